The van der Waals surface area contributed by atoms with Gasteiger partial charge in [-0.05, 0) is 13.0 Å². The molecule has 0 saturated carbocycles. The average Bonchev–Trinajstić information content (AvgIpc) is 2.35. The number of hydrogen-bond donors (Lipinski definition) is 0. The van der Waals surface area contributed by atoms with E-state index < -0.39 is 5.92 Å². The second-order valence-corrected chi connectivity index (χ2v) is 3.31. The molecular weight excluding hydrogens is 176 g/mol. The van der Waals surface area contributed by atoms with Gasteiger partial charge < -0.3 is 4.57 Å². The van der Waals surface area contributed by atoms with Crippen molar-refractivity contribution in [2.24, 2.45) is 0 Å². The monoisotopic (exact) mass is 185 g/mol. The van der Waals surface area contributed by atoms with E-state index >= 15 is 0 Å². The van der Waals surface area contributed by atoms with Crippen LogP contribution in [0.1, 0.15) is 17.7 Å². The van der Waals surface area contributed by atoms with Crippen molar-refractivity contribution in [1.29, 1.82) is 0 Å². The van der Waals surface area contributed by atoms with E-state index in [2.05, 4.69) is 0 Å². The molecule has 1 aliphatic rings. The number of aromatic nitrogens is 1. The van der Waals surface area contributed by atoms with Crippen LogP contribution in [0.25, 0.3) is 0 Å². The first-order chi connectivity index (χ1) is 6.02. The maximum atomic E-state index is 13.1. The van der Waals surface area contributed by atoms with Crippen LogP contribution >= 0.6 is 0 Å². The van der Waals surface area contributed by atoms with Gasteiger partial charge in [-0.15, -0.1) is 0 Å². The quantitative estimate of drug-likeness (QED) is 0.602. The first kappa shape index (κ1) is 8.41. The van der Waals surface area contributed by atoms with Crippen molar-refractivity contribution in [2.75, 3.05) is 0 Å². The summed E-state index contributed by atoms with van der Waals surface area (Å²) in [5.74, 6) is -2.83. The number of nitrogens with zero attached hydrogens (tertiary/aromatic N) is 1. The van der Waals surface area contributed by atoms with Crippen LogP contribution in [0.15, 0.2) is 16.9 Å². The van der Waals surface area contributed by atoms with Crippen LogP contribution in [0, 0.1) is 6.92 Å². The summed E-state index contributed by atoms with van der Waals surface area (Å²) in [6.45, 7) is 1.76. The Balaban J connectivity index is 2.71. The minimum absolute atomic E-state index is 0.128. The van der Waals surface area contributed by atoms with Crippen molar-refractivity contribution < 1.29 is 8.78 Å². The Kier molecular flexibility index (Phi) is 1.55. The molecule has 0 spiro atoms. The zero-order valence-electron chi connectivity index (χ0n) is 7.18. The van der Waals surface area contributed by atoms with Gasteiger partial charge in [-0.25, -0.2) is 0 Å². The Bertz CT molecular complexity index is 409. The molecule has 0 radical (unpaired) electrons. The van der Waals surface area contributed by atoms with Gasteiger partial charge in [-0.1, -0.05) is 6.07 Å². The van der Waals surface area contributed by atoms with E-state index in [4.69, 9.17) is 0 Å². The number of rotatable bonds is 0. The number of fused-ring (bicyclic) bond motifs is 1. The SMILES string of the molecule is Cc1ccc2n(c1=O)CCC2(F)F. The molecule has 0 aliphatic carbocycles. The fourth-order valence-electron chi connectivity index (χ4n) is 1.61. The number of hydrogen-bond acceptors (Lipinski definition) is 1. The molecule has 1 aromatic rings. The lowest BCUT2D eigenvalue weighted by molar-refractivity contribution is -0.00229. The number of halogens is 2. The van der Waals surface area contributed by atoms with Crippen LogP contribution in [0.5, 0.6) is 0 Å². The van der Waals surface area contributed by atoms with Gasteiger partial charge in [-0.3, -0.25) is 4.79 Å². The Hall–Kier alpha value is -1.19. The summed E-state index contributed by atoms with van der Waals surface area (Å²) < 4.78 is 27.3. The lowest BCUT2D eigenvalue weighted by Gasteiger charge is -2.09. The molecule has 0 aromatic carbocycles. The fourth-order valence-corrected chi connectivity index (χ4v) is 1.61. The van der Waals surface area contributed by atoms with Crippen LogP contribution in [0.2, 0.25) is 0 Å². The van der Waals surface area contributed by atoms with Gasteiger partial charge in [0.2, 0.25) is 0 Å². The first-order valence-corrected chi connectivity index (χ1v) is 4.11. The van der Waals surface area contributed by atoms with Crippen molar-refractivity contribution in [1.82, 2.24) is 4.57 Å². The van der Waals surface area contributed by atoms with Crippen LogP contribution in [-0.4, -0.2) is 4.57 Å². The topological polar surface area (TPSA) is 22.0 Å². The molecule has 0 saturated heterocycles. The fraction of sp³-hybridized carbons (Fsp3) is 0.444. The Morgan fingerprint density at radius 1 is 1.46 bits per heavy atom. The van der Waals surface area contributed by atoms with Crippen molar-refractivity contribution in [2.45, 2.75) is 25.8 Å². The normalized spacial score (nSPS) is 18.7. The van der Waals surface area contributed by atoms with Gasteiger partial charge in [0, 0.05) is 18.5 Å². The summed E-state index contributed by atoms with van der Waals surface area (Å²) >= 11 is 0. The molecule has 0 bridgehead atoms. The highest BCUT2D eigenvalue weighted by molar-refractivity contribution is 5.20. The predicted molar refractivity (Wildman–Crippen MR) is 44.0 cm³/mol. The third-order valence-electron chi connectivity index (χ3n) is 2.39. The maximum absolute atomic E-state index is 13.1. The molecule has 13 heavy (non-hydrogen) atoms. The van der Waals surface area contributed by atoms with E-state index in [1.165, 1.54) is 12.1 Å². The van der Waals surface area contributed by atoms with Gasteiger partial charge in [0.25, 0.3) is 11.5 Å². The first-order valence-electron chi connectivity index (χ1n) is 4.11. The molecule has 1 aliphatic heterocycles. The summed E-state index contributed by atoms with van der Waals surface area (Å²) in [7, 11) is 0. The average molecular weight is 185 g/mol. The summed E-state index contributed by atoms with van der Waals surface area (Å²) in [6.07, 6.45) is -0.258. The smallest absolute Gasteiger partial charge is 0.289 e. The third-order valence-corrected chi connectivity index (χ3v) is 2.39. The second-order valence-electron chi connectivity index (χ2n) is 3.31. The van der Waals surface area contributed by atoms with Crippen LogP contribution in [-0.2, 0) is 12.5 Å². The van der Waals surface area contributed by atoms with Gasteiger partial charge in [0.15, 0.2) is 0 Å². The zero-order chi connectivity index (χ0) is 9.64. The van der Waals surface area contributed by atoms with E-state index in [1.54, 1.807) is 6.92 Å². The molecule has 2 nitrogen and oxygen atoms in total. The van der Waals surface area contributed by atoms with Crippen LogP contribution in [0.3, 0.4) is 0 Å². The number of aryl methyl sites for hydroxylation is 1. The molecule has 4 heteroatoms. The zero-order valence-corrected chi connectivity index (χ0v) is 7.18. The molecule has 0 atom stereocenters. The van der Waals surface area contributed by atoms with E-state index in [0.29, 0.717) is 5.56 Å². The van der Waals surface area contributed by atoms with Gasteiger partial charge in [0.05, 0.1) is 5.69 Å². The van der Waals surface area contributed by atoms with E-state index in [1.807, 2.05) is 0 Å². The molecule has 70 valence electrons. The minimum atomic E-state index is -2.83. The maximum Gasteiger partial charge on any atom is 0.289 e. The molecule has 1 aromatic heterocycles. The summed E-state index contributed by atoms with van der Waals surface area (Å²) in [4.78, 5) is 11.4. The van der Waals surface area contributed by atoms with E-state index in [-0.39, 0.29) is 24.2 Å². The highest BCUT2D eigenvalue weighted by Gasteiger charge is 2.39. The minimum Gasteiger partial charge on any atom is -0.306 e. The van der Waals surface area contributed by atoms with Crippen molar-refractivity contribution in [3.63, 3.8) is 0 Å². The predicted octanol–water partition coefficient (Wildman–Crippen LogP) is 1.65. The van der Waals surface area contributed by atoms with Gasteiger partial charge >= 0.3 is 0 Å². The Labute approximate surface area is 73.8 Å². The Morgan fingerprint density at radius 2 is 2.15 bits per heavy atom. The van der Waals surface area contributed by atoms with Crippen LogP contribution in [0.4, 0.5) is 8.78 Å². The number of alkyl halides is 2. The molecule has 2 rings (SSSR count). The molecule has 2 heterocycles. The Morgan fingerprint density at radius 3 is 2.85 bits per heavy atom. The third kappa shape index (κ3) is 1.08. The molecule has 0 N–H and O–H groups in total. The summed E-state index contributed by atoms with van der Waals surface area (Å²) in [6, 6.07) is 2.79. The summed E-state index contributed by atoms with van der Waals surface area (Å²) in [5, 5.41) is 0. The van der Waals surface area contributed by atoms with Crippen molar-refractivity contribution in [3.05, 3.63) is 33.7 Å². The lowest BCUT2D eigenvalue weighted by Crippen LogP contribution is -2.22. The standard InChI is InChI=1S/C9H9F2NO/c1-6-2-3-7-9(10,11)4-5-12(7)8(6)13/h2-3H,4-5H2,1H3. The van der Waals surface area contributed by atoms with Gasteiger partial charge in [0.1, 0.15) is 0 Å². The molecule has 0 amide bonds. The molecule has 0 unspecified atom stereocenters. The van der Waals surface area contributed by atoms with Crippen LogP contribution < -0.4 is 5.56 Å². The number of pyridine rings is 1. The van der Waals surface area contributed by atoms with Crippen molar-refractivity contribution in [3.8, 4) is 0 Å². The largest absolute Gasteiger partial charge is 0.306 e. The van der Waals surface area contributed by atoms with Gasteiger partial charge in [-0.2, -0.15) is 8.78 Å². The highest BCUT2D eigenvalue weighted by atomic mass is 19.3. The summed E-state index contributed by atoms with van der Waals surface area (Å²) in [5.41, 5.74) is 0.0687. The van der Waals surface area contributed by atoms with Crippen molar-refractivity contribution >= 4 is 0 Å². The highest BCUT2D eigenvalue weighted by Crippen LogP contribution is 2.36. The van der Waals surface area contributed by atoms with E-state index in [0.717, 1.165) is 4.57 Å². The lowest BCUT2D eigenvalue weighted by atomic mass is 10.2. The molecule has 0 fully saturated rings. The second kappa shape index (κ2) is 2.40. The van der Waals surface area contributed by atoms with E-state index in [9.17, 15) is 13.6 Å². The molecular formula is C9H9F2NO.